The summed E-state index contributed by atoms with van der Waals surface area (Å²) in [5, 5.41) is 11.9. The zero-order valence-electron chi connectivity index (χ0n) is 10.9. The van der Waals surface area contributed by atoms with Crippen LogP contribution in [0.15, 0.2) is 24.3 Å². The summed E-state index contributed by atoms with van der Waals surface area (Å²) >= 11 is 0. The van der Waals surface area contributed by atoms with E-state index in [0.29, 0.717) is 13.1 Å². The Morgan fingerprint density at radius 1 is 1.44 bits per heavy atom. The molecule has 4 nitrogen and oxygen atoms in total. The lowest BCUT2D eigenvalue weighted by Gasteiger charge is -2.14. The quantitative estimate of drug-likeness (QED) is 0.680. The lowest BCUT2D eigenvalue weighted by Crippen LogP contribution is -2.34. The van der Waals surface area contributed by atoms with Crippen LogP contribution < -0.4 is 11.1 Å². The number of rotatable bonds is 7. The van der Waals surface area contributed by atoms with E-state index in [-0.39, 0.29) is 18.4 Å². The third-order valence-electron chi connectivity index (χ3n) is 2.93. The minimum absolute atomic E-state index is 0.00810. The van der Waals surface area contributed by atoms with Crippen LogP contribution in [0.2, 0.25) is 0 Å². The Morgan fingerprint density at radius 2 is 2.17 bits per heavy atom. The Kier molecular flexibility index (Phi) is 6.39. The molecule has 1 unspecified atom stereocenters. The molecule has 0 saturated heterocycles. The highest BCUT2D eigenvalue weighted by Gasteiger charge is 2.14. The van der Waals surface area contributed by atoms with Gasteiger partial charge in [-0.05, 0) is 17.5 Å². The summed E-state index contributed by atoms with van der Waals surface area (Å²) in [6.07, 6.45) is 1.77. The van der Waals surface area contributed by atoms with Crippen LogP contribution in [-0.4, -0.2) is 17.6 Å². The molecular formula is C14H22N2O2. The maximum absolute atomic E-state index is 11.9. The smallest absolute Gasteiger partial charge is 0.224 e. The summed E-state index contributed by atoms with van der Waals surface area (Å²) in [6, 6.07) is 7.54. The fraction of sp³-hybridized carbons (Fsp3) is 0.500. The minimum atomic E-state index is -0.101. The van der Waals surface area contributed by atoms with E-state index in [9.17, 15) is 4.79 Å². The SMILES string of the molecule is CCCC(CN)C(=O)NCc1cccc(CO)c1. The van der Waals surface area contributed by atoms with Crippen LogP contribution in [-0.2, 0) is 17.9 Å². The molecule has 0 spiro atoms. The number of hydrogen-bond donors (Lipinski definition) is 3. The Bertz CT molecular complexity index is 380. The molecule has 18 heavy (non-hydrogen) atoms. The van der Waals surface area contributed by atoms with Crippen molar-refractivity contribution in [2.45, 2.75) is 32.9 Å². The zero-order valence-corrected chi connectivity index (χ0v) is 10.9. The highest BCUT2D eigenvalue weighted by atomic mass is 16.3. The molecule has 0 aliphatic heterocycles. The van der Waals surface area contributed by atoms with Crippen LogP contribution in [0.4, 0.5) is 0 Å². The number of carbonyl (C=O) groups excluding carboxylic acids is 1. The van der Waals surface area contributed by atoms with Crippen LogP contribution in [0.25, 0.3) is 0 Å². The summed E-state index contributed by atoms with van der Waals surface area (Å²) in [5.74, 6) is -0.0928. The second-order valence-corrected chi connectivity index (χ2v) is 4.42. The molecule has 0 aliphatic carbocycles. The molecular weight excluding hydrogens is 228 g/mol. The van der Waals surface area contributed by atoms with Gasteiger partial charge < -0.3 is 16.2 Å². The molecule has 100 valence electrons. The first-order valence-corrected chi connectivity index (χ1v) is 6.37. The molecule has 0 fully saturated rings. The van der Waals surface area contributed by atoms with E-state index in [1.54, 1.807) is 0 Å². The van der Waals surface area contributed by atoms with Gasteiger partial charge in [-0.25, -0.2) is 0 Å². The third kappa shape index (κ3) is 4.47. The van der Waals surface area contributed by atoms with E-state index in [1.807, 2.05) is 31.2 Å². The fourth-order valence-electron chi connectivity index (χ4n) is 1.88. The van der Waals surface area contributed by atoms with E-state index in [1.165, 1.54) is 0 Å². The molecule has 1 rings (SSSR count). The second-order valence-electron chi connectivity index (χ2n) is 4.42. The number of amides is 1. The van der Waals surface area contributed by atoms with Crippen LogP contribution >= 0.6 is 0 Å². The minimum Gasteiger partial charge on any atom is -0.392 e. The molecule has 0 radical (unpaired) electrons. The van der Waals surface area contributed by atoms with Crippen molar-refractivity contribution in [2.75, 3.05) is 6.54 Å². The van der Waals surface area contributed by atoms with Gasteiger partial charge in [-0.3, -0.25) is 4.79 Å². The summed E-state index contributed by atoms with van der Waals surface area (Å²) in [6.45, 7) is 2.92. The summed E-state index contributed by atoms with van der Waals surface area (Å²) in [4.78, 5) is 11.9. The monoisotopic (exact) mass is 250 g/mol. The average Bonchev–Trinajstić information content (AvgIpc) is 2.42. The largest absolute Gasteiger partial charge is 0.392 e. The van der Waals surface area contributed by atoms with Gasteiger partial charge in [0, 0.05) is 13.1 Å². The number of nitrogens with two attached hydrogens (primary N) is 1. The lowest BCUT2D eigenvalue weighted by molar-refractivity contribution is -0.125. The van der Waals surface area contributed by atoms with Crippen LogP contribution in [0.1, 0.15) is 30.9 Å². The Balaban J connectivity index is 2.50. The molecule has 0 aliphatic rings. The van der Waals surface area contributed by atoms with Crippen molar-refractivity contribution < 1.29 is 9.90 Å². The summed E-state index contributed by atoms with van der Waals surface area (Å²) < 4.78 is 0. The molecule has 0 bridgehead atoms. The first-order chi connectivity index (χ1) is 8.71. The predicted molar refractivity (Wildman–Crippen MR) is 71.7 cm³/mol. The maximum Gasteiger partial charge on any atom is 0.224 e. The topological polar surface area (TPSA) is 75.4 Å². The van der Waals surface area contributed by atoms with Crippen LogP contribution in [0, 0.1) is 5.92 Å². The number of aliphatic hydroxyl groups excluding tert-OH is 1. The summed E-state index contributed by atoms with van der Waals surface area (Å²) in [5.41, 5.74) is 7.42. The molecule has 4 N–H and O–H groups in total. The number of benzene rings is 1. The molecule has 0 saturated carbocycles. The standard InChI is InChI=1S/C14H22N2O2/c1-2-4-13(8-15)14(18)16-9-11-5-3-6-12(7-11)10-17/h3,5-7,13,17H,2,4,8-10,15H2,1H3,(H,16,18). The number of hydrogen-bond acceptors (Lipinski definition) is 3. The van der Waals surface area contributed by atoms with Gasteiger partial charge in [0.25, 0.3) is 0 Å². The first-order valence-electron chi connectivity index (χ1n) is 6.37. The highest BCUT2D eigenvalue weighted by molar-refractivity contribution is 5.78. The van der Waals surface area contributed by atoms with E-state index < -0.39 is 0 Å². The van der Waals surface area contributed by atoms with Gasteiger partial charge in [0.15, 0.2) is 0 Å². The molecule has 1 atom stereocenters. The van der Waals surface area contributed by atoms with Crippen LogP contribution in [0.5, 0.6) is 0 Å². The first kappa shape index (κ1) is 14.7. The van der Waals surface area contributed by atoms with Crippen LogP contribution in [0.3, 0.4) is 0 Å². The van der Waals surface area contributed by atoms with Crippen molar-refractivity contribution in [3.8, 4) is 0 Å². The summed E-state index contributed by atoms with van der Waals surface area (Å²) in [7, 11) is 0. The number of nitrogens with one attached hydrogen (secondary N) is 1. The van der Waals surface area contributed by atoms with Crippen molar-refractivity contribution in [1.29, 1.82) is 0 Å². The molecule has 1 aromatic carbocycles. The van der Waals surface area contributed by atoms with Gasteiger partial charge in [0.05, 0.1) is 12.5 Å². The van der Waals surface area contributed by atoms with Gasteiger partial charge in [0.2, 0.25) is 5.91 Å². The van der Waals surface area contributed by atoms with E-state index in [4.69, 9.17) is 10.8 Å². The van der Waals surface area contributed by atoms with Crippen molar-refractivity contribution in [3.05, 3.63) is 35.4 Å². The molecule has 1 amide bonds. The lowest BCUT2D eigenvalue weighted by atomic mass is 10.0. The van der Waals surface area contributed by atoms with Gasteiger partial charge in [0.1, 0.15) is 0 Å². The van der Waals surface area contributed by atoms with Gasteiger partial charge in [-0.2, -0.15) is 0 Å². The van der Waals surface area contributed by atoms with E-state index >= 15 is 0 Å². The van der Waals surface area contributed by atoms with Gasteiger partial charge in [-0.15, -0.1) is 0 Å². The highest BCUT2D eigenvalue weighted by Crippen LogP contribution is 2.07. The Morgan fingerprint density at radius 3 is 2.78 bits per heavy atom. The molecule has 0 aromatic heterocycles. The van der Waals surface area contributed by atoms with Gasteiger partial charge >= 0.3 is 0 Å². The van der Waals surface area contributed by atoms with Crippen molar-refractivity contribution in [3.63, 3.8) is 0 Å². The average molecular weight is 250 g/mol. The number of aliphatic hydroxyl groups is 1. The number of carbonyl (C=O) groups is 1. The molecule has 4 heteroatoms. The van der Waals surface area contributed by atoms with Crippen molar-refractivity contribution >= 4 is 5.91 Å². The Labute approximate surface area is 108 Å². The van der Waals surface area contributed by atoms with E-state index in [2.05, 4.69) is 5.32 Å². The fourth-order valence-corrected chi connectivity index (χ4v) is 1.88. The normalized spacial score (nSPS) is 12.2. The van der Waals surface area contributed by atoms with Crippen molar-refractivity contribution in [2.24, 2.45) is 11.7 Å². The maximum atomic E-state index is 11.9. The van der Waals surface area contributed by atoms with Gasteiger partial charge in [-0.1, -0.05) is 37.6 Å². The molecule has 1 aromatic rings. The predicted octanol–water partition coefficient (Wildman–Crippen LogP) is 1.17. The molecule has 0 heterocycles. The Hall–Kier alpha value is -1.39. The zero-order chi connectivity index (χ0) is 13.4. The second kappa shape index (κ2) is 7.84. The van der Waals surface area contributed by atoms with E-state index in [0.717, 1.165) is 24.0 Å². The third-order valence-corrected chi connectivity index (χ3v) is 2.93. The van der Waals surface area contributed by atoms with Crippen molar-refractivity contribution in [1.82, 2.24) is 5.32 Å².